The Kier molecular flexibility index (Phi) is 4.14. The Hall–Kier alpha value is -1.49. The summed E-state index contributed by atoms with van der Waals surface area (Å²) in [6.45, 7) is 2.49. The first-order chi connectivity index (χ1) is 9.04. The maximum absolute atomic E-state index is 13.9. The van der Waals surface area contributed by atoms with Crippen LogP contribution in [0.15, 0.2) is 18.2 Å². The molecule has 0 aromatic heterocycles. The molecule has 0 radical (unpaired) electrons. The number of benzene rings is 1. The Morgan fingerprint density at radius 1 is 1.42 bits per heavy atom. The average Bonchev–Trinajstić information content (AvgIpc) is 2.36. The number of nitrogens with zero attached hydrogens (tertiary/aromatic N) is 1. The van der Waals surface area contributed by atoms with Gasteiger partial charge in [-0.3, -0.25) is 4.79 Å². The molecule has 0 bridgehead atoms. The second-order valence-electron chi connectivity index (χ2n) is 4.90. The predicted octanol–water partition coefficient (Wildman–Crippen LogP) is 2.37. The van der Waals surface area contributed by atoms with Gasteiger partial charge in [-0.15, -0.1) is 0 Å². The van der Waals surface area contributed by atoms with Crippen LogP contribution < -0.4 is 5.73 Å². The minimum Gasteiger partial charge on any atom is -0.334 e. The van der Waals surface area contributed by atoms with Crippen LogP contribution in [-0.4, -0.2) is 23.4 Å². The van der Waals surface area contributed by atoms with E-state index < -0.39 is 17.7 Å². The molecule has 1 aromatic rings. The van der Waals surface area contributed by atoms with Gasteiger partial charge in [0.25, 0.3) is 0 Å². The Morgan fingerprint density at radius 2 is 2.16 bits per heavy atom. The number of likely N-dealkylation sites (tertiary alicyclic amines) is 1. The smallest absolute Gasteiger partial charge is 0.223 e. The molecular weight excluding hydrogens is 250 g/mol. The van der Waals surface area contributed by atoms with Crippen molar-refractivity contribution < 1.29 is 13.6 Å². The molecule has 0 aliphatic carbocycles. The summed E-state index contributed by atoms with van der Waals surface area (Å²) in [6, 6.07) is 2.61. The van der Waals surface area contributed by atoms with E-state index in [0.29, 0.717) is 24.9 Å². The number of carbonyl (C=O) groups is 1. The molecule has 2 atom stereocenters. The molecule has 0 spiro atoms. The lowest BCUT2D eigenvalue weighted by atomic mass is 9.90. The molecule has 1 saturated heterocycles. The van der Waals surface area contributed by atoms with Crippen LogP contribution in [0.2, 0.25) is 0 Å². The van der Waals surface area contributed by atoms with Gasteiger partial charge in [0.15, 0.2) is 0 Å². The fraction of sp³-hybridized carbons (Fsp3) is 0.500. The highest BCUT2D eigenvalue weighted by molar-refractivity contribution is 5.78. The fourth-order valence-electron chi connectivity index (χ4n) is 2.62. The summed E-state index contributed by atoms with van der Waals surface area (Å²) in [6.07, 6.45) is 1.69. The predicted molar refractivity (Wildman–Crippen MR) is 68.3 cm³/mol. The van der Waals surface area contributed by atoms with Crippen LogP contribution in [0.25, 0.3) is 0 Å². The van der Waals surface area contributed by atoms with E-state index >= 15 is 0 Å². The molecule has 2 unspecified atom stereocenters. The summed E-state index contributed by atoms with van der Waals surface area (Å²) in [5.41, 5.74) is 6.35. The van der Waals surface area contributed by atoms with Crippen LogP contribution in [0.1, 0.15) is 37.8 Å². The maximum Gasteiger partial charge on any atom is 0.223 e. The van der Waals surface area contributed by atoms with E-state index in [0.717, 1.165) is 12.5 Å². The summed E-state index contributed by atoms with van der Waals surface area (Å²) < 4.78 is 26.9. The van der Waals surface area contributed by atoms with E-state index in [-0.39, 0.29) is 11.9 Å². The summed E-state index contributed by atoms with van der Waals surface area (Å²) in [5.74, 6) is -1.28. The lowest BCUT2D eigenvalue weighted by molar-refractivity contribution is -0.137. The molecule has 19 heavy (non-hydrogen) atoms. The normalized spacial score (nSPS) is 23.8. The van der Waals surface area contributed by atoms with Gasteiger partial charge in [0.2, 0.25) is 5.91 Å². The molecule has 1 amide bonds. The Bertz CT molecular complexity index is 479. The van der Waals surface area contributed by atoms with Crippen molar-refractivity contribution in [2.75, 3.05) is 6.54 Å². The SMILES string of the molecule is CCCN1C(=O)CCC(N)C1c1ccc(F)cc1F. The highest BCUT2D eigenvalue weighted by Gasteiger charge is 2.35. The van der Waals surface area contributed by atoms with E-state index in [1.54, 1.807) is 4.90 Å². The molecular formula is C14H18F2N2O. The van der Waals surface area contributed by atoms with Crippen LogP contribution in [0.3, 0.4) is 0 Å². The van der Waals surface area contributed by atoms with E-state index in [2.05, 4.69) is 0 Å². The number of amides is 1. The third-order valence-corrected chi connectivity index (χ3v) is 3.50. The van der Waals surface area contributed by atoms with Gasteiger partial charge in [-0.1, -0.05) is 13.0 Å². The Labute approximate surface area is 111 Å². The van der Waals surface area contributed by atoms with Crippen molar-refractivity contribution in [2.24, 2.45) is 5.73 Å². The number of rotatable bonds is 3. The second kappa shape index (κ2) is 5.65. The Morgan fingerprint density at radius 3 is 2.79 bits per heavy atom. The molecule has 1 aromatic carbocycles. The van der Waals surface area contributed by atoms with Crippen molar-refractivity contribution in [3.8, 4) is 0 Å². The molecule has 2 N–H and O–H groups in total. The molecule has 0 saturated carbocycles. The third kappa shape index (κ3) is 2.76. The van der Waals surface area contributed by atoms with Gasteiger partial charge in [-0.25, -0.2) is 8.78 Å². The number of hydrogen-bond donors (Lipinski definition) is 1. The quantitative estimate of drug-likeness (QED) is 0.914. The van der Waals surface area contributed by atoms with Gasteiger partial charge in [-0.05, 0) is 18.9 Å². The number of nitrogens with two attached hydrogens (primary N) is 1. The van der Waals surface area contributed by atoms with E-state index in [4.69, 9.17) is 5.73 Å². The minimum atomic E-state index is -0.642. The topological polar surface area (TPSA) is 46.3 Å². The molecule has 2 rings (SSSR count). The van der Waals surface area contributed by atoms with Crippen molar-refractivity contribution >= 4 is 5.91 Å². The lowest BCUT2D eigenvalue weighted by Crippen LogP contribution is -2.49. The van der Waals surface area contributed by atoms with Gasteiger partial charge >= 0.3 is 0 Å². The molecule has 1 heterocycles. The van der Waals surface area contributed by atoms with Crippen molar-refractivity contribution in [3.63, 3.8) is 0 Å². The summed E-state index contributed by atoms with van der Waals surface area (Å²) >= 11 is 0. The summed E-state index contributed by atoms with van der Waals surface area (Å²) in [4.78, 5) is 13.6. The van der Waals surface area contributed by atoms with Gasteiger partial charge in [0.1, 0.15) is 11.6 Å². The highest BCUT2D eigenvalue weighted by Crippen LogP contribution is 2.32. The lowest BCUT2D eigenvalue weighted by Gasteiger charge is -2.40. The maximum atomic E-state index is 13.9. The van der Waals surface area contributed by atoms with E-state index in [1.807, 2.05) is 6.92 Å². The number of hydrogen-bond acceptors (Lipinski definition) is 2. The van der Waals surface area contributed by atoms with Crippen LogP contribution >= 0.6 is 0 Å². The first-order valence-corrected chi connectivity index (χ1v) is 6.54. The first-order valence-electron chi connectivity index (χ1n) is 6.54. The van der Waals surface area contributed by atoms with Crippen molar-refractivity contribution in [2.45, 2.75) is 38.3 Å². The van der Waals surface area contributed by atoms with Crippen LogP contribution in [-0.2, 0) is 4.79 Å². The zero-order valence-corrected chi connectivity index (χ0v) is 10.9. The monoisotopic (exact) mass is 268 g/mol. The zero-order chi connectivity index (χ0) is 14.0. The van der Waals surface area contributed by atoms with Gasteiger partial charge in [0, 0.05) is 30.6 Å². The van der Waals surface area contributed by atoms with E-state index in [9.17, 15) is 13.6 Å². The van der Waals surface area contributed by atoms with Gasteiger partial charge in [-0.2, -0.15) is 0 Å². The van der Waals surface area contributed by atoms with Crippen molar-refractivity contribution in [3.05, 3.63) is 35.4 Å². The van der Waals surface area contributed by atoms with E-state index in [1.165, 1.54) is 12.1 Å². The number of piperidine rings is 1. The molecule has 104 valence electrons. The van der Waals surface area contributed by atoms with Gasteiger partial charge < -0.3 is 10.6 Å². The van der Waals surface area contributed by atoms with Crippen LogP contribution in [0.4, 0.5) is 8.78 Å². The highest BCUT2D eigenvalue weighted by atomic mass is 19.1. The molecule has 3 nitrogen and oxygen atoms in total. The number of halogens is 2. The van der Waals surface area contributed by atoms with Crippen LogP contribution in [0.5, 0.6) is 0 Å². The average molecular weight is 268 g/mol. The minimum absolute atomic E-state index is 0.0164. The standard InChI is InChI=1S/C14H18F2N2O/c1-2-7-18-13(19)6-5-12(17)14(18)10-4-3-9(15)8-11(10)16/h3-4,8,12,14H,2,5-7,17H2,1H3. The van der Waals surface area contributed by atoms with Crippen LogP contribution in [0, 0.1) is 11.6 Å². The molecule has 5 heteroatoms. The molecule has 1 fully saturated rings. The van der Waals surface area contributed by atoms with Crippen molar-refractivity contribution in [1.82, 2.24) is 4.90 Å². The Balaban J connectivity index is 2.39. The number of carbonyl (C=O) groups excluding carboxylic acids is 1. The van der Waals surface area contributed by atoms with Crippen molar-refractivity contribution in [1.29, 1.82) is 0 Å². The fourth-order valence-corrected chi connectivity index (χ4v) is 2.62. The third-order valence-electron chi connectivity index (χ3n) is 3.50. The summed E-state index contributed by atoms with van der Waals surface area (Å²) in [5, 5.41) is 0. The molecule has 1 aliphatic rings. The molecule has 1 aliphatic heterocycles. The first kappa shape index (κ1) is 13.9. The second-order valence-corrected chi connectivity index (χ2v) is 4.90. The van der Waals surface area contributed by atoms with Gasteiger partial charge in [0.05, 0.1) is 6.04 Å². The summed E-state index contributed by atoms with van der Waals surface area (Å²) in [7, 11) is 0. The largest absolute Gasteiger partial charge is 0.334 e. The zero-order valence-electron chi connectivity index (χ0n) is 10.9.